The molecule has 2 atom stereocenters. The number of rotatable bonds is 4. The van der Waals surface area contributed by atoms with Crippen molar-refractivity contribution in [2.24, 2.45) is 11.8 Å². The van der Waals surface area contributed by atoms with Gasteiger partial charge in [-0.2, -0.15) is 0 Å². The molecule has 1 amide bonds. The van der Waals surface area contributed by atoms with Gasteiger partial charge < -0.3 is 4.90 Å². The van der Waals surface area contributed by atoms with E-state index in [0.717, 1.165) is 38.3 Å². The van der Waals surface area contributed by atoms with Gasteiger partial charge in [0.05, 0.1) is 6.20 Å². The SMILES string of the molecule is CC(C)CCn1cc(C(=O)N2CC[C@H]3CCCC[C@H]32)nn1. The first-order valence-corrected chi connectivity index (χ1v) is 8.36. The summed E-state index contributed by atoms with van der Waals surface area (Å²) < 4.78 is 1.81. The lowest BCUT2D eigenvalue weighted by Crippen LogP contribution is -2.39. The van der Waals surface area contributed by atoms with E-state index >= 15 is 0 Å². The molecule has 2 fully saturated rings. The van der Waals surface area contributed by atoms with E-state index in [9.17, 15) is 4.79 Å². The van der Waals surface area contributed by atoms with Crippen LogP contribution in [0.25, 0.3) is 0 Å². The van der Waals surface area contributed by atoms with E-state index in [-0.39, 0.29) is 5.91 Å². The summed E-state index contributed by atoms with van der Waals surface area (Å²) in [5.41, 5.74) is 0.518. The Labute approximate surface area is 126 Å². The number of likely N-dealkylation sites (tertiary alicyclic amines) is 1. The first kappa shape index (κ1) is 14.5. The summed E-state index contributed by atoms with van der Waals surface area (Å²) in [5, 5.41) is 8.20. The average molecular weight is 290 g/mol. The molecule has 1 saturated heterocycles. The summed E-state index contributed by atoms with van der Waals surface area (Å²) in [6.07, 6.45) is 9.08. The third kappa shape index (κ3) is 3.11. The minimum Gasteiger partial charge on any atom is -0.334 e. The molecule has 1 aliphatic heterocycles. The van der Waals surface area contributed by atoms with Crippen molar-refractivity contribution in [3.8, 4) is 0 Å². The molecule has 21 heavy (non-hydrogen) atoms. The zero-order chi connectivity index (χ0) is 14.8. The van der Waals surface area contributed by atoms with E-state index in [0.29, 0.717) is 17.7 Å². The summed E-state index contributed by atoms with van der Waals surface area (Å²) in [6, 6.07) is 0.451. The summed E-state index contributed by atoms with van der Waals surface area (Å²) in [5.74, 6) is 1.44. The zero-order valence-electron chi connectivity index (χ0n) is 13.2. The molecule has 116 valence electrons. The van der Waals surface area contributed by atoms with Crippen molar-refractivity contribution in [3.63, 3.8) is 0 Å². The van der Waals surface area contributed by atoms with Gasteiger partial charge in [0.1, 0.15) is 0 Å². The minimum atomic E-state index is 0.0835. The highest BCUT2D eigenvalue weighted by Gasteiger charge is 2.39. The van der Waals surface area contributed by atoms with Crippen molar-refractivity contribution in [2.75, 3.05) is 6.54 Å². The third-order valence-electron chi connectivity index (χ3n) is 4.96. The molecule has 1 aromatic rings. The van der Waals surface area contributed by atoms with E-state index in [2.05, 4.69) is 29.1 Å². The van der Waals surface area contributed by atoms with Crippen molar-refractivity contribution < 1.29 is 4.79 Å². The van der Waals surface area contributed by atoms with Crippen LogP contribution in [0.3, 0.4) is 0 Å². The third-order valence-corrected chi connectivity index (χ3v) is 4.96. The predicted molar refractivity (Wildman–Crippen MR) is 80.9 cm³/mol. The fourth-order valence-electron chi connectivity index (χ4n) is 3.70. The molecule has 5 heteroatoms. The fraction of sp³-hybridized carbons (Fsp3) is 0.812. The second-order valence-corrected chi connectivity index (χ2v) is 6.95. The highest BCUT2D eigenvalue weighted by atomic mass is 16.2. The van der Waals surface area contributed by atoms with Gasteiger partial charge in [0, 0.05) is 19.1 Å². The quantitative estimate of drug-likeness (QED) is 0.856. The van der Waals surface area contributed by atoms with Crippen LogP contribution in [0.15, 0.2) is 6.20 Å². The predicted octanol–water partition coefficient (Wildman–Crippen LogP) is 2.73. The lowest BCUT2D eigenvalue weighted by atomic mass is 9.85. The van der Waals surface area contributed by atoms with Crippen LogP contribution in [-0.4, -0.2) is 38.4 Å². The van der Waals surface area contributed by atoms with Crippen LogP contribution in [0.5, 0.6) is 0 Å². The van der Waals surface area contributed by atoms with Gasteiger partial charge in [0.15, 0.2) is 5.69 Å². The Morgan fingerprint density at radius 2 is 2.14 bits per heavy atom. The molecule has 0 radical (unpaired) electrons. The number of amides is 1. The first-order valence-electron chi connectivity index (χ1n) is 8.36. The van der Waals surface area contributed by atoms with E-state index < -0.39 is 0 Å². The molecule has 0 bridgehead atoms. The zero-order valence-corrected chi connectivity index (χ0v) is 13.2. The van der Waals surface area contributed by atoms with Gasteiger partial charge in [0.25, 0.3) is 5.91 Å². The average Bonchev–Trinajstić information content (AvgIpc) is 3.11. The highest BCUT2D eigenvalue weighted by Crippen LogP contribution is 2.36. The molecular weight excluding hydrogens is 264 g/mol. The summed E-state index contributed by atoms with van der Waals surface area (Å²) in [4.78, 5) is 14.7. The fourth-order valence-corrected chi connectivity index (χ4v) is 3.70. The van der Waals surface area contributed by atoms with Gasteiger partial charge in [-0.15, -0.1) is 5.10 Å². The minimum absolute atomic E-state index is 0.0835. The Hall–Kier alpha value is -1.39. The first-order chi connectivity index (χ1) is 10.1. The topological polar surface area (TPSA) is 51.0 Å². The lowest BCUT2D eigenvalue weighted by molar-refractivity contribution is 0.0684. The van der Waals surface area contributed by atoms with E-state index in [1.165, 1.54) is 19.3 Å². The summed E-state index contributed by atoms with van der Waals surface area (Å²) in [7, 11) is 0. The standard InChI is InChI=1S/C16H26N4O/c1-12(2)7-9-19-11-14(17-18-19)16(21)20-10-8-13-5-3-4-6-15(13)20/h11-13,15H,3-10H2,1-2H3/t13-,15-/m1/s1. The van der Waals surface area contributed by atoms with Crippen molar-refractivity contribution >= 4 is 5.91 Å². The molecule has 0 unspecified atom stereocenters. The lowest BCUT2D eigenvalue weighted by Gasteiger charge is -2.31. The number of nitrogens with zero attached hydrogens (tertiary/aromatic N) is 4. The Morgan fingerprint density at radius 1 is 1.33 bits per heavy atom. The second kappa shape index (κ2) is 6.16. The maximum atomic E-state index is 12.7. The number of aromatic nitrogens is 3. The van der Waals surface area contributed by atoms with Crippen molar-refractivity contribution in [1.29, 1.82) is 0 Å². The second-order valence-electron chi connectivity index (χ2n) is 6.95. The number of carbonyl (C=O) groups excluding carboxylic acids is 1. The maximum absolute atomic E-state index is 12.7. The Kier molecular flexibility index (Phi) is 4.27. The molecule has 2 aliphatic rings. The van der Waals surface area contributed by atoms with Gasteiger partial charge in [-0.05, 0) is 37.5 Å². The Morgan fingerprint density at radius 3 is 2.95 bits per heavy atom. The van der Waals surface area contributed by atoms with E-state index in [4.69, 9.17) is 0 Å². The van der Waals surface area contributed by atoms with Gasteiger partial charge in [0.2, 0.25) is 0 Å². The van der Waals surface area contributed by atoms with Gasteiger partial charge in [-0.1, -0.05) is 31.9 Å². The van der Waals surface area contributed by atoms with E-state index in [1.807, 2.05) is 10.9 Å². The van der Waals surface area contributed by atoms with E-state index in [1.54, 1.807) is 0 Å². The smallest absolute Gasteiger partial charge is 0.276 e. The normalized spacial score (nSPS) is 25.4. The molecule has 0 aromatic carbocycles. The van der Waals surface area contributed by atoms with Crippen molar-refractivity contribution in [2.45, 2.75) is 65.0 Å². The van der Waals surface area contributed by atoms with Crippen LogP contribution < -0.4 is 0 Å². The number of hydrogen-bond donors (Lipinski definition) is 0. The van der Waals surface area contributed by atoms with Crippen LogP contribution in [0.4, 0.5) is 0 Å². The molecule has 2 heterocycles. The monoisotopic (exact) mass is 290 g/mol. The highest BCUT2D eigenvalue weighted by molar-refractivity contribution is 5.92. The molecule has 3 rings (SSSR count). The molecule has 0 N–H and O–H groups in total. The maximum Gasteiger partial charge on any atom is 0.276 e. The van der Waals surface area contributed by atoms with Crippen LogP contribution in [0, 0.1) is 11.8 Å². The molecule has 1 aromatic heterocycles. The van der Waals surface area contributed by atoms with Crippen LogP contribution in [0.2, 0.25) is 0 Å². The molecule has 1 saturated carbocycles. The summed E-state index contributed by atoms with van der Waals surface area (Å²) >= 11 is 0. The molecular formula is C16H26N4O. The Balaban J connectivity index is 1.65. The largest absolute Gasteiger partial charge is 0.334 e. The molecule has 0 spiro atoms. The van der Waals surface area contributed by atoms with Crippen molar-refractivity contribution in [3.05, 3.63) is 11.9 Å². The van der Waals surface area contributed by atoms with Crippen molar-refractivity contribution in [1.82, 2.24) is 19.9 Å². The summed E-state index contributed by atoms with van der Waals surface area (Å²) in [6.45, 7) is 6.11. The van der Waals surface area contributed by atoms with Crippen LogP contribution in [0.1, 0.15) is 62.9 Å². The molecule has 1 aliphatic carbocycles. The number of hydrogen-bond acceptors (Lipinski definition) is 3. The van der Waals surface area contributed by atoms with Gasteiger partial charge >= 0.3 is 0 Å². The molecule has 5 nitrogen and oxygen atoms in total. The van der Waals surface area contributed by atoms with Gasteiger partial charge in [-0.3, -0.25) is 9.48 Å². The number of carbonyl (C=O) groups is 1. The van der Waals surface area contributed by atoms with Crippen LogP contribution >= 0.6 is 0 Å². The number of fused-ring (bicyclic) bond motifs is 1. The van der Waals surface area contributed by atoms with Crippen LogP contribution in [-0.2, 0) is 6.54 Å². The van der Waals surface area contributed by atoms with Gasteiger partial charge in [-0.25, -0.2) is 0 Å². The Bertz CT molecular complexity index is 496. The number of aryl methyl sites for hydroxylation is 1.